The van der Waals surface area contributed by atoms with Gasteiger partial charge in [-0.3, -0.25) is 9.36 Å². The van der Waals surface area contributed by atoms with Crippen LogP contribution in [0.4, 0.5) is 4.79 Å². The smallest absolute Gasteiger partial charge is 0.326 e. The first-order valence-electron chi connectivity index (χ1n) is 6.79. The molecule has 0 radical (unpaired) electrons. The fourth-order valence-corrected chi connectivity index (χ4v) is 2.49. The Bertz CT molecular complexity index is 467. The second-order valence-electron chi connectivity index (χ2n) is 5.37. The summed E-state index contributed by atoms with van der Waals surface area (Å²) in [7, 11) is 0. The summed E-state index contributed by atoms with van der Waals surface area (Å²) >= 11 is 0. The average molecular weight is 262 g/mol. The Labute approximate surface area is 111 Å². The van der Waals surface area contributed by atoms with E-state index in [0.717, 1.165) is 32.4 Å². The molecule has 2 amide bonds. The zero-order valence-corrected chi connectivity index (χ0v) is 10.8. The third-order valence-corrected chi connectivity index (χ3v) is 3.80. The number of aromatic nitrogens is 2. The molecule has 1 aromatic heterocycles. The van der Waals surface area contributed by atoms with Crippen LogP contribution in [0.1, 0.15) is 19.3 Å². The van der Waals surface area contributed by atoms with Crippen molar-refractivity contribution in [3.05, 3.63) is 18.7 Å². The van der Waals surface area contributed by atoms with Crippen molar-refractivity contribution in [3.8, 4) is 0 Å². The predicted octanol–water partition coefficient (Wildman–Crippen LogP) is 0.699. The van der Waals surface area contributed by atoms with Crippen molar-refractivity contribution in [1.29, 1.82) is 0 Å². The number of likely N-dealkylation sites (tertiary alicyclic amines) is 1. The highest BCUT2D eigenvalue weighted by molar-refractivity contribution is 5.81. The molecule has 0 spiro atoms. The number of hydrogen-bond acceptors (Lipinski definition) is 3. The van der Waals surface area contributed by atoms with E-state index in [2.05, 4.69) is 10.3 Å². The largest absolute Gasteiger partial charge is 0.342 e. The zero-order valence-electron chi connectivity index (χ0n) is 10.8. The fraction of sp³-hybridized carbons (Fsp3) is 0.615. The molecule has 1 aliphatic heterocycles. The van der Waals surface area contributed by atoms with E-state index in [9.17, 15) is 9.59 Å². The van der Waals surface area contributed by atoms with Gasteiger partial charge in [0.2, 0.25) is 5.91 Å². The average Bonchev–Trinajstić information content (AvgIpc) is 2.94. The van der Waals surface area contributed by atoms with E-state index in [-0.39, 0.29) is 6.03 Å². The summed E-state index contributed by atoms with van der Waals surface area (Å²) < 4.78 is 1.42. The van der Waals surface area contributed by atoms with Crippen LogP contribution >= 0.6 is 0 Å². The van der Waals surface area contributed by atoms with E-state index in [1.54, 1.807) is 12.4 Å². The molecule has 1 saturated carbocycles. The zero-order chi connectivity index (χ0) is 13.2. The second-order valence-corrected chi connectivity index (χ2v) is 5.37. The molecule has 1 unspecified atom stereocenters. The minimum absolute atomic E-state index is 0.163. The van der Waals surface area contributed by atoms with Gasteiger partial charge in [0, 0.05) is 37.9 Å². The van der Waals surface area contributed by atoms with Crippen LogP contribution in [0, 0.1) is 11.8 Å². The van der Waals surface area contributed by atoms with Crippen LogP contribution in [0.2, 0.25) is 0 Å². The lowest BCUT2D eigenvalue weighted by molar-refractivity contribution is -0.131. The highest BCUT2D eigenvalue weighted by Crippen LogP contribution is 2.32. The number of nitrogens with one attached hydrogen (secondary N) is 1. The highest BCUT2D eigenvalue weighted by Gasteiger charge is 2.36. The maximum Gasteiger partial charge on any atom is 0.326 e. The van der Waals surface area contributed by atoms with Crippen LogP contribution in [-0.4, -0.2) is 46.0 Å². The molecule has 0 aromatic carbocycles. The molecule has 0 bridgehead atoms. The van der Waals surface area contributed by atoms with E-state index in [1.807, 2.05) is 4.90 Å². The van der Waals surface area contributed by atoms with Crippen LogP contribution in [-0.2, 0) is 4.79 Å². The van der Waals surface area contributed by atoms with Gasteiger partial charge in [0.1, 0.15) is 6.33 Å². The number of carbonyl (C=O) groups excluding carboxylic acids is 2. The molecule has 2 fully saturated rings. The Balaban J connectivity index is 1.44. The topological polar surface area (TPSA) is 67.2 Å². The number of carbonyl (C=O) groups is 2. The molecule has 6 heteroatoms. The minimum Gasteiger partial charge on any atom is -0.342 e. The number of hydrogen-bond donors (Lipinski definition) is 1. The summed E-state index contributed by atoms with van der Waals surface area (Å²) in [6.07, 6.45) is 7.75. The maximum absolute atomic E-state index is 11.9. The highest BCUT2D eigenvalue weighted by atomic mass is 16.2. The van der Waals surface area contributed by atoms with Gasteiger partial charge in [-0.1, -0.05) is 0 Å². The van der Waals surface area contributed by atoms with Crippen molar-refractivity contribution in [2.24, 2.45) is 11.8 Å². The Kier molecular flexibility index (Phi) is 3.23. The van der Waals surface area contributed by atoms with E-state index >= 15 is 0 Å². The molecule has 1 aromatic rings. The Hall–Kier alpha value is -1.85. The van der Waals surface area contributed by atoms with Gasteiger partial charge >= 0.3 is 6.03 Å². The quantitative estimate of drug-likeness (QED) is 0.872. The number of nitrogens with zero attached hydrogens (tertiary/aromatic N) is 3. The predicted molar refractivity (Wildman–Crippen MR) is 68.4 cm³/mol. The molecule has 1 N–H and O–H groups in total. The Morgan fingerprint density at radius 3 is 2.84 bits per heavy atom. The molecule has 2 aliphatic rings. The normalized spacial score (nSPS) is 22.5. The van der Waals surface area contributed by atoms with Crippen LogP contribution in [0.3, 0.4) is 0 Å². The molecule has 6 nitrogen and oxygen atoms in total. The molecular weight excluding hydrogens is 244 g/mol. The standard InChI is InChI=1S/C13H18N4O2/c18-12(11-1-2-11)16-5-3-10(8-16)7-15-13(19)17-6-4-14-9-17/h4,6,9-11H,1-3,5,7-8H2,(H,15,19). The molecule has 19 heavy (non-hydrogen) atoms. The maximum atomic E-state index is 11.9. The Morgan fingerprint density at radius 2 is 2.16 bits per heavy atom. The summed E-state index contributed by atoms with van der Waals surface area (Å²) in [5, 5.41) is 2.88. The van der Waals surface area contributed by atoms with Gasteiger partial charge in [-0.15, -0.1) is 0 Å². The van der Waals surface area contributed by atoms with Gasteiger partial charge in [0.05, 0.1) is 0 Å². The third-order valence-electron chi connectivity index (χ3n) is 3.80. The van der Waals surface area contributed by atoms with Crippen molar-refractivity contribution in [3.63, 3.8) is 0 Å². The molecule has 1 saturated heterocycles. The first kappa shape index (κ1) is 12.2. The van der Waals surface area contributed by atoms with Crippen molar-refractivity contribution in [2.45, 2.75) is 19.3 Å². The third kappa shape index (κ3) is 2.77. The second kappa shape index (κ2) is 5.03. The minimum atomic E-state index is -0.163. The summed E-state index contributed by atoms with van der Waals surface area (Å²) in [6.45, 7) is 2.23. The lowest BCUT2D eigenvalue weighted by Gasteiger charge is -2.16. The van der Waals surface area contributed by atoms with Crippen LogP contribution in [0.5, 0.6) is 0 Å². The van der Waals surface area contributed by atoms with E-state index < -0.39 is 0 Å². The first-order chi connectivity index (χ1) is 9.24. The van der Waals surface area contributed by atoms with Gasteiger partial charge in [-0.05, 0) is 25.2 Å². The lowest BCUT2D eigenvalue weighted by Crippen LogP contribution is -2.35. The Morgan fingerprint density at radius 1 is 1.32 bits per heavy atom. The molecule has 102 valence electrons. The summed E-state index contributed by atoms with van der Waals surface area (Å²) in [4.78, 5) is 29.4. The van der Waals surface area contributed by atoms with E-state index in [1.165, 1.54) is 10.9 Å². The molecule has 1 aliphatic carbocycles. The summed E-state index contributed by atoms with van der Waals surface area (Å²) in [5.41, 5.74) is 0. The lowest BCUT2D eigenvalue weighted by atomic mass is 10.1. The number of amides is 2. The fourth-order valence-electron chi connectivity index (χ4n) is 2.49. The first-order valence-corrected chi connectivity index (χ1v) is 6.79. The summed E-state index contributed by atoms with van der Waals surface area (Å²) in [5.74, 6) is 0.970. The van der Waals surface area contributed by atoms with Gasteiger partial charge in [-0.2, -0.15) is 0 Å². The van der Waals surface area contributed by atoms with Gasteiger partial charge in [-0.25, -0.2) is 9.78 Å². The van der Waals surface area contributed by atoms with Gasteiger partial charge in [0.25, 0.3) is 0 Å². The van der Waals surface area contributed by atoms with Crippen molar-refractivity contribution < 1.29 is 9.59 Å². The monoisotopic (exact) mass is 262 g/mol. The summed E-state index contributed by atoms with van der Waals surface area (Å²) in [6, 6.07) is -0.163. The molecule has 2 heterocycles. The van der Waals surface area contributed by atoms with Crippen LogP contribution in [0.15, 0.2) is 18.7 Å². The van der Waals surface area contributed by atoms with Crippen molar-refractivity contribution >= 4 is 11.9 Å². The van der Waals surface area contributed by atoms with E-state index in [4.69, 9.17) is 0 Å². The number of rotatable bonds is 3. The van der Waals surface area contributed by atoms with Crippen LogP contribution in [0.25, 0.3) is 0 Å². The van der Waals surface area contributed by atoms with Crippen molar-refractivity contribution in [2.75, 3.05) is 19.6 Å². The van der Waals surface area contributed by atoms with Crippen LogP contribution < -0.4 is 5.32 Å². The SMILES string of the molecule is O=C(C1CC1)N1CCC(CNC(=O)n2ccnc2)C1. The molecule has 3 rings (SSSR count). The van der Waals surface area contributed by atoms with E-state index in [0.29, 0.717) is 24.3 Å². The van der Waals surface area contributed by atoms with Crippen molar-refractivity contribution in [1.82, 2.24) is 19.8 Å². The molecular formula is C13H18N4O2. The van der Waals surface area contributed by atoms with Gasteiger partial charge < -0.3 is 10.2 Å². The van der Waals surface area contributed by atoms with Gasteiger partial charge in [0.15, 0.2) is 0 Å². The molecule has 1 atom stereocenters. The number of imidazole rings is 1.